The zero-order valence-electron chi connectivity index (χ0n) is 17.4. The van der Waals surface area contributed by atoms with E-state index in [1.807, 2.05) is 11.0 Å². The van der Waals surface area contributed by atoms with Gasteiger partial charge in [-0.25, -0.2) is 0 Å². The molecule has 1 aliphatic heterocycles. The van der Waals surface area contributed by atoms with E-state index in [2.05, 4.69) is 29.6 Å². The molecule has 0 spiro atoms. The molecule has 2 saturated carbocycles. The van der Waals surface area contributed by atoms with Crippen molar-refractivity contribution in [3.63, 3.8) is 0 Å². The number of likely N-dealkylation sites (tertiary alicyclic amines) is 1. The first-order chi connectivity index (χ1) is 14.1. The molecule has 2 aliphatic carbocycles. The van der Waals surface area contributed by atoms with Crippen molar-refractivity contribution < 1.29 is 9.59 Å². The smallest absolute Gasteiger partial charge is 0.241 e. The number of carbonyl (C=O) groups excluding carboxylic acids is 2. The number of nitrogens with one attached hydrogen (secondary N) is 1. The fraction of sp³-hybridized carbons (Fsp3) is 0.667. The van der Waals surface area contributed by atoms with Crippen molar-refractivity contribution in [2.45, 2.75) is 57.4 Å². The molecule has 3 fully saturated rings. The molecular weight excluding hydrogens is 362 g/mol. The average molecular weight is 398 g/mol. The quantitative estimate of drug-likeness (QED) is 0.802. The molecule has 2 bridgehead atoms. The van der Waals surface area contributed by atoms with E-state index in [9.17, 15) is 9.59 Å². The highest BCUT2D eigenvalue weighted by Gasteiger charge is 2.40. The minimum Gasteiger partial charge on any atom is -0.347 e. The second kappa shape index (κ2) is 9.29. The van der Waals surface area contributed by atoms with Crippen LogP contribution in [0.1, 0.15) is 50.5 Å². The zero-order valence-corrected chi connectivity index (χ0v) is 17.4. The van der Waals surface area contributed by atoms with E-state index in [4.69, 9.17) is 5.73 Å². The number of nitrogens with zero attached hydrogens (tertiary/aromatic N) is 1. The van der Waals surface area contributed by atoms with E-state index < -0.39 is 0 Å². The van der Waals surface area contributed by atoms with Crippen molar-refractivity contribution in [1.82, 2.24) is 10.2 Å². The first-order valence-electron chi connectivity index (χ1n) is 11.4. The third-order valence-corrected chi connectivity index (χ3v) is 7.53. The van der Waals surface area contributed by atoms with Gasteiger partial charge in [0.05, 0.1) is 6.54 Å². The molecule has 1 aromatic carbocycles. The summed E-state index contributed by atoms with van der Waals surface area (Å²) in [6, 6.07) is 10.9. The van der Waals surface area contributed by atoms with Gasteiger partial charge >= 0.3 is 0 Å². The average Bonchev–Trinajstić information content (AvgIpc) is 2.73. The SMILES string of the molecule is NC1C2CCCC1CC(C(=O)NCC(=O)N1CCC(Cc3ccccc3)CC1)C2. The maximum atomic E-state index is 12.7. The second-order valence-corrected chi connectivity index (χ2v) is 9.43. The topological polar surface area (TPSA) is 75.4 Å². The molecular formula is C24H35N3O2. The lowest BCUT2D eigenvalue weighted by atomic mass is 9.65. The van der Waals surface area contributed by atoms with E-state index >= 15 is 0 Å². The van der Waals surface area contributed by atoms with Crippen LogP contribution in [-0.4, -0.2) is 42.4 Å². The number of amides is 2. The molecule has 2 unspecified atom stereocenters. The first kappa shape index (κ1) is 20.4. The summed E-state index contributed by atoms with van der Waals surface area (Å²) >= 11 is 0. The predicted molar refractivity (Wildman–Crippen MR) is 114 cm³/mol. The predicted octanol–water partition coefficient (Wildman–Crippen LogP) is 2.74. The summed E-state index contributed by atoms with van der Waals surface area (Å²) in [6.07, 6.45) is 8.50. The molecule has 0 aromatic heterocycles. The Morgan fingerprint density at radius 2 is 1.66 bits per heavy atom. The Kier molecular flexibility index (Phi) is 6.53. The number of hydrogen-bond acceptors (Lipinski definition) is 3. The van der Waals surface area contributed by atoms with Gasteiger partial charge in [-0.1, -0.05) is 36.8 Å². The van der Waals surface area contributed by atoms with Crippen molar-refractivity contribution in [1.29, 1.82) is 0 Å². The molecule has 5 heteroatoms. The van der Waals surface area contributed by atoms with Gasteiger partial charge in [0, 0.05) is 25.0 Å². The van der Waals surface area contributed by atoms with Crippen molar-refractivity contribution >= 4 is 11.8 Å². The standard InChI is InChI=1S/C24H35N3O2/c25-23-19-7-4-8-20(23)15-21(14-19)24(29)26-16-22(28)27-11-9-18(10-12-27)13-17-5-2-1-3-6-17/h1-3,5-6,18-21,23H,4,7-16,25H2,(H,26,29). The van der Waals surface area contributed by atoms with Crippen LogP contribution in [0.5, 0.6) is 0 Å². The largest absolute Gasteiger partial charge is 0.347 e. The van der Waals surface area contributed by atoms with Crippen LogP contribution < -0.4 is 11.1 Å². The lowest BCUT2D eigenvalue weighted by molar-refractivity contribution is -0.135. The molecule has 1 saturated heterocycles. The Balaban J connectivity index is 1.19. The van der Waals surface area contributed by atoms with Crippen LogP contribution in [0.25, 0.3) is 0 Å². The Hall–Kier alpha value is -1.88. The molecule has 3 aliphatic rings. The van der Waals surface area contributed by atoms with Gasteiger partial charge in [-0.3, -0.25) is 9.59 Å². The van der Waals surface area contributed by atoms with Gasteiger partial charge in [-0.15, -0.1) is 0 Å². The number of carbonyl (C=O) groups is 2. The van der Waals surface area contributed by atoms with Gasteiger partial charge < -0.3 is 16.0 Å². The van der Waals surface area contributed by atoms with Crippen LogP contribution in [0.2, 0.25) is 0 Å². The monoisotopic (exact) mass is 397 g/mol. The highest BCUT2D eigenvalue weighted by Crippen LogP contribution is 2.41. The van der Waals surface area contributed by atoms with Gasteiger partial charge in [-0.05, 0) is 68.3 Å². The van der Waals surface area contributed by atoms with Crippen LogP contribution >= 0.6 is 0 Å². The molecule has 2 amide bonds. The minimum absolute atomic E-state index is 0.0366. The van der Waals surface area contributed by atoms with Gasteiger partial charge in [0.2, 0.25) is 11.8 Å². The molecule has 0 radical (unpaired) electrons. The zero-order chi connectivity index (χ0) is 20.2. The summed E-state index contributed by atoms with van der Waals surface area (Å²) < 4.78 is 0. The van der Waals surface area contributed by atoms with Crippen LogP contribution in [0.4, 0.5) is 0 Å². The first-order valence-corrected chi connectivity index (χ1v) is 11.4. The fourth-order valence-electron chi connectivity index (χ4n) is 5.76. The molecule has 4 rings (SSSR count). The number of benzene rings is 1. The van der Waals surface area contributed by atoms with Crippen molar-refractivity contribution in [3.8, 4) is 0 Å². The number of hydrogen-bond donors (Lipinski definition) is 2. The number of rotatable bonds is 5. The van der Waals surface area contributed by atoms with E-state index in [0.29, 0.717) is 17.8 Å². The molecule has 2 atom stereocenters. The number of nitrogens with two attached hydrogens (primary N) is 1. The maximum absolute atomic E-state index is 12.7. The lowest BCUT2D eigenvalue weighted by Crippen LogP contribution is -2.50. The Morgan fingerprint density at radius 1 is 1.00 bits per heavy atom. The fourth-order valence-corrected chi connectivity index (χ4v) is 5.76. The van der Waals surface area contributed by atoms with Crippen LogP contribution in [0.15, 0.2) is 30.3 Å². The third-order valence-electron chi connectivity index (χ3n) is 7.53. The molecule has 3 N–H and O–H groups in total. The van der Waals surface area contributed by atoms with Crippen molar-refractivity contribution in [2.75, 3.05) is 19.6 Å². The molecule has 158 valence electrons. The van der Waals surface area contributed by atoms with E-state index in [1.54, 1.807) is 0 Å². The van der Waals surface area contributed by atoms with E-state index in [-0.39, 0.29) is 30.3 Å². The highest BCUT2D eigenvalue weighted by atomic mass is 16.2. The summed E-state index contributed by atoms with van der Waals surface area (Å²) in [6.45, 7) is 1.74. The second-order valence-electron chi connectivity index (χ2n) is 9.43. The van der Waals surface area contributed by atoms with Gasteiger partial charge in [0.25, 0.3) is 0 Å². The molecule has 29 heavy (non-hydrogen) atoms. The van der Waals surface area contributed by atoms with Gasteiger partial charge in [-0.2, -0.15) is 0 Å². The summed E-state index contributed by atoms with van der Waals surface area (Å²) in [5, 5.41) is 2.93. The molecule has 1 aromatic rings. The molecule has 1 heterocycles. The maximum Gasteiger partial charge on any atom is 0.241 e. The van der Waals surface area contributed by atoms with Crippen molar-refractivity contribution in [3.05, 3.63) is 35.9 Å². The van der Waals surface area contributed by atoms with Crippen LogP contribution in [0.3, 0.4) is 0 Å². The number of fused-ring (bicyclic) bond motifs is 2. The molecule has 5 nitrogen and oxygen atoms in total. The van der Waals surface area contributed by atoms with Gasteiger partial charge in [0.15, 0.2) is 0 Å². The lowest BCUT2D eigenvalue weighted by Gasteiger charge is -2.43. The number of piperidine rings is 1. The van der Waals surface area contributed by atoms with Crippen LogP contribution in [0, 0.1) is 23.7 Å². The van der Waals surface area contributed by atoms with Crippen molar-refractivity contribution in [2.24, 2.45) is 29.4 Å². The third kappa shape index (κ3) is 5.00. The Morgan fingerprint density at radius 3 is 2.31 bits per heavy atom. The minimum atomic E-state index is 0.0366. The summed E-state index contributed by atoms with van der Waals surface area (Å²) in [4.78, 5) is 27.2. The summed E-state index contributed by atoms with van der Waals surface area (Å²) in [5.41, 5.74) is 7.71. The normalized spacial score (nSPS) is 30.0. The van der Waals surface area contributed by atoms with Crippen LogP contribution in [-0.2, 0) is 16.0 Å². The van der Waals surface area contributed by atoms with Gasteiger partial charge in [0.1, 0.15) is 0 Å². The Labute approximate surface area is 174 Å². The van der Waals surface area contributed by atoms with E-state index in [1.165, 1.54) is 12.0 Å². The Bertz CT molecular complexity index is 685. The summed E-state index contributed by atoms with van der Waals surface area (Å²) in [7, 11) is 0. The summed E-state index contributed by atoms with van der Waals surface area (Å²) in [5.74, 6) is 1.76. The van der Waals surface area contributed by atoms with E-state index in [0.717, 1.165) is 58.0 Å². The highest BCUT2D eigenvalue weighted by molar-refractivity contribution is 5.86.